The Bertz CT molecular complexity index is 73.9. The summed E-state index contributed by atoms with van der Waals surface area (Å²) in [5.41, 5.74) is 0. The third-order valence-corrected chi connectivity index (χ3v) is 0.112. The molecule has 3 nitrogen and oxygen atoms in total. The van der Waals surface area contributed by atoms with E-state index in [9.17, 15) is 0 Å². The van der Waals surface area contributed by atoms with E-state index in [0.717, 1.165) is 0 Å². The molecule has 0 spiro atoms. The molecule has 6 heavy (non-hydrogen) atoms. The van der Waals surface area contributed by atoms with E-state index in [1.165, 1.54) is 12.4 Å². The number of nitrogens with zero attached hydrogens (tertiary/aromatic N) is 2. The van der Waals surface area contributed by atoms with Crippen LogP contribution >= 0.6 is 0 Å². The van der Waals surface area contributed by atoms with Crippen molar-refractivity contribution in [1.29, 1.82) is 10.5 Å². The van der Waals surface area contributed by atoms with Crippen LogP contribution in [-0.2, 0) is 0 Å². The fraction of sp³-hybridized carbons (Fsp3) is 0. The van der Waals surface area contributed by atoms with Crippen molar-refractivity contribution < 1.29 is 29.6 Å². The number of hydrogen-bond acceptors (Lipinski definition) is 3. The van der Waals surface area contributed by atoms with Crippen molar-refractivity contribution in [2.24, 2.45) is 0 Å². The molecular formula is C2HN3Na+. The van der Waals surface area contributed by atoms with Gasteiger partial charge in [-0.25, -0.2) is 5.32 Å². The van der Waals surface area contributed by atoms with Gasteiger partial charge in [0.2, 0.25) is 0 Å². The molecule has 0 aliphatic carbocycles. The first-order valence-corrected chi connectivity index (χ1v) is 0.947. The van der Waals surface area contributed by atoms with Gasteiger partial charge in [0.25, 0.3) is 0 Å². The summed E-state index contributed by atoms with van der Waals surface area (Å²) in [5.74, 6) is 0. The molecule has 0 unspecified atom stereocenters. The van der Waals surface area contributed by atoms with Crippen molar-refractivity contribution in [3.05, 3.63) is 0 Å². The van der Waals surface area contributed by atoms with E-state index in [1.807, 2.05) is 0 Å². The maximum atomic E-state index is 7.48. The summed E-state index contributed by atoms with van der Waals surface area (Å²) in [7, 11) is 0. The summed E-state index contributed by atoms with van der Waals surface area (Å²) < 4.78 is 0. The minimum absolute atomic E-state index is 0. The molecule has 0 fully saturated rings. The molecule has 0 heterocycles. The van der Waals surface area contributed by atoms with Gasteiger partial charge in [-0.05, 0) is 0 Å². The van der Waals surface area contributed by atoms with Crippen LogP contribution in [0.2, 0.25) is 0 Å². The molecule has 0 radical (unpaired) electrons. The van der Waals surface area contributed by atoms with E-state index in [4.69, 9.17) is 10.5 Å². The molecule has 0 aromatic rings. The molecule has 0 aromatic heterocycles. The average Bonchev–Trinajstić information content (AvgIpc) is 1.41. The maximum absolute atomic E-state index is 7.48. The topological polar surface area (TPSA) is 59.6 Å². The Kier molecular flexibility index (Phi) is 13.6. The van der Waals surface area contributed by atoms with E-state index in [1.54, 1.807) is 5.32 Å². The Morgan fingerprint density at radius 2 is 1.50 bits per heavy atom. The average molecular weight is 90.0 g/mol. The van der Waals surface area contributed by atoms with Gasteiger partial charge in [-0.2, -0.15) is 10.5 Å². The smallest absolute Gasteiger partial charge is 0.229 e. The van der Waals surface area contributed by atoms with Gasteiger partial charge in [0.05, 0.1) is 0 Å². The summed E-state index contributed by atoms with van der Waals surface area (Å²) in [6.45, 7) is 0. The van der Waals surface area contributed by atoms with Gasteiger partial charge in [0.1, 0.15) is 0 Å². The molecule has 0 saturated carbocycles. The monoisotopic (exact) mass is 90.0 g/mol. The van der Waals surface area contributed by atoms with E-state index >= 15 is 0 Å². The Labute approximate surface area is 57.9 Å². The van der Waals surface area contributed by atoms with Gasteiger partial charge in [-0.15, -0.1) is 0 Å². The molecule has 0 aliphatic heterocycles. The summed E-state index contributed by atoms with van der Waals surface area (Å²) in [4.78, 5) is 0. The molecular weight excluding hydrogens is 89.0 g/mol. The van der Waals surface area contributed by atoms with Crippen molar-refractivity contribution in [1.82, 2.24) is 5.32 Å². The Morgan fingerprint density at radius 1 is 1.17 bits per heavy atom. The van der Waals surface area contributed by atoms with E-state index in [0.29, 0.717) is 0 Å². The van der Waals surface area contributed by atoms with Crippen LogP contribution in [-0.4, -0.2) is 0 Å². The van der Waals surface area contributed by atoms with Gasteiger partial charge < -0.3 is 0 Å². The normalized spacial score (nSPS) is 3.00. The first-order valence-electron chi connectivity index (χ1n) is 0.947. The maximum Gasteiger partial charge on any atom is 1.00 e. The number of nitriles is 2. The summed E-state index contributed by atoms with van der Waals surface area (Å²) >= 11 is 0. The molecule has 0 aliphatic rings. The predicted molar refractivity (Wildman–Crippen MR) is 14.4 cm³/mol. The quantitative estimate of drug-likeness (QED) is 0.191. The molecule has 0 rings (SSSR count). The number of hydrogen-bond donors (Lipinski definition) is 1. The molecule has 0 amide bonds. The second-order valence-corrected chi connectivity index (χ2v) is 0.349. The first-order chi connectivity index (χ1) is 2.41. The van der Waals surface area contributed by atoms with E-state index < -0.39 is 0 Å². The Morgan fingerprint density at radius 3 is 1.50 bits per heavy atom. The number of rotatable bonds is 0. The van der Waals surface area contributed by atoms with Crippen molar-refractivity contribution in [2.75, 3.05) is 0 Å². The SMILES string of the molecule is N#CNC#N.[Na+]. The van der Waals surface area contributed by atoms with Gasteiger partial charge in [0.15, 0.2) is 12.4 Å². The minimum Gasteiger partial charge on any atom is -0.229 e. The van der Waals surface area contributed by atoms with Gasteiger partial charge in [0, 0.05) is 0 Å². The second kappa shape index (κ2) is 8.84. The molecule has 0 bridgehead atoms. The van der Waals surface area contributed by atoms with Crippen LogP contribution in [0.25, 0.3) is 0 Å². The van der Waals surface area contributed by atoms with Gasteiger partial charge >= 0.3 is 29.6 Å². The Hall–Kier alpha value is -0.220. The molecule has 0 aromatic carbocycles. The van der Waals surface area contributed by atoms with Crippen molar-refractivity contribution >= 4 is 0 Å². The third-order valence-electron chi connectivity index (χ3n) is 0.112. The van der Waals surface area contributed by atoms with Crippen LogP contribution in [0.4, 0.5) is 0 Å². The Balaban J connectivity index is 0. The van der Waals surface area contributed by atoms with Crippen LogP contribution in [0.1, 0.15) is 0 Å². The zero-order valence-corrected chi connectivity index (χ0v) is 5.39. The zero-order valence-electron chi connectivity index (χ0n) is 3.39. The van der Waals surface area contributed by atoms with Crippen LogP contribution in [0.15, 0.2) is 0 Å². The minimum atomic E-state index is 0. The predicted octanol–water partition coefficient (Wildman–Crippen LogP) is -3.46. The fourth-order valence-corrected chi connectivity index (χ4v) is 0.0250. The summed E-state index contributed by atoms with van der Waals surface area (Å²) in [6, 6.07) is 0. The van der Waals surface area contributed by atoms with Crippen molar-refractivity contribution in [3.8, 4) is 12.4 Å². The van der Waals surface area contributed by atoms with E-state index in [2.05, 4.69) is 0 Å². The van der Waals surface area contributed by atoms with Crippen LogP contribution in [0.5, 0.6) is 0 Å². The van der Waals surface area contributed by atoms with Crippen molar-refractivity contribution in [2.45, 2.75) is 0 Å². The molecule has 1 N–H and O–H groups in total. The standard InChI is InChI=1S/C2HN3.Na/c3-1-5-2-4;/h5H;/q;+1. The van der Waals surface area contributed by atoms with Crippen molar-refractivity contribution in [3.63, 3.8) is 0 Å². The van der Waals surface area contributed by atoms with E-state index in [-0.39, 0.29) is 29.6 Å². The summed E-state index contributed by atoms with van der Waals surface area (Å²) in [5, 5.41) is 16.7. The van der Waals surface area contributed by atoms with Gasteiger partial charge in [-0.3, -0.25) is 0 Å². The molecule has 0 atom stereocenters. The molecule has 0 saturated heterocycles. The first kappa shape index (κ1) is 9.24. The third kappa shape index (κ3) is 9.22. The van der Waals surface area contributed by atoms with Crippen LogP contribution in [0, 0.1) is 22.9 Å². The largest absolute Gasteiger partial charge is 1.00 e. The molecule has 24 valence electrons. The summed E-state index contributed by atoms with van der Waals surface area (Å²) in [6.07, 6.45) is 2.81. The van der Waals surface area contributed by atoms with Gasteiger partial charge in [-0.1, -0.05) is 0 Å². The zero-order chi connectivity index (χ0) is 4.12. The number of nitrogens with one attached hydrogen (secondary N) is 1. The second-order valence-electron chi connectivity index (χ2n) is 0.349. The molecule has 4 heteroatoms. The van der Waals surface area contributed by atoms with Crippen LogP contribution in [0.3, 0.4) is 0 Å². The fourth-order valence-electron chi connectivity index (χ4n) is 0.0250. The van der Waals surface area contributed by atoms with Crippen LogP contribution < -0.4 is 34.9 Å².